The standard InChI is InChI=1S/C22H24N2O2/c1-14-7-8-16-5-4-6-19-21(20(16)13-14)23-24(15(2)25)22(19)17-9-11-18(26-3)12-10-17/h7-13,19,22H,4-6H2,1-3H3/t19-,22-/m1/s1. The average Bonchev–Trinajstić information content (AvgIpc) is 2.94. The normalized spacial score (nSPS) is 21.5. The number of hydrazone groups is 1. The van der Waals surface area contributed by atoms with Crippen molar-refractivity contribution in [1.82, 2.24) is 5.01 Å². The Morgan fingerprint density at radius 1 is 1.19 bits per heavy atom. The molecule has 4 heteroatoms. The number of rotatable bonds is 2. The molecule has 0 aromatic heterocycles. The van der Waals surface area contributed by atoms with E-state index in [-0.39, 0.29) is 17.9 Å². The van der Waals surface area contributed by atoms with E-state index in [0.29, 0.717) is 0 Å². The summed E-state index contributed by atoms with van der Waals surface area (Å²) in [6, 6.07) is 14.6. The molecule has 1 heterocycles. The molecule has 2 atom stereocenters. The monoisotopic (exact) mass is 348 g/mol. The molecule has 1 aliphatic carbocycles. The molecular formula is C22H24N2O2. The van der Waals surface area contributed by atoms with Gasteiger partial charge in [0, 0.05) is 18.4 Å². The Morgan fingerprint density at radius 3 is 2.65 bits per heavy atom. The van der Waals surface area contributed by atoms with Crippen molar-refractivity contribution in [2.24, 2.45) is 11.0 Å². The number of hydrogen-bond donors (Lipinski definition) is 0. The number of nitrogens with zero attached hydrogens (tertiary/aromatic N) is 2. The van der Waals surface area contributed by atoms with E-state index in [9.17, 15) is 4.79 Å². The highest BCUT2D eigenvalue weighted by molar-refractivity contribution is 6.06. The minimum absolute atomic E-state index is 0.0133. The molecule has 0 saturated heterocycles. The molecule has 1 amide bonds. The quantitative estimate of drug-likeness (QED) is 0.813. The van der Waals surface area contributed by atoms with Gasteiger partial charge in [-0.2, -0.15) is 5.10 Å². The summed E-state index contributed by atoms with van der Waals surface area (Å²) in [6.07, 6.45) is 3.21. The topological polar surface area (TPSA) is 41.9 Å². The van der Waals surface area contributed by atoms with Gasteiger partial charge in [0.25, 0.3) is 0 Å². The second kappa shape index (κ2) is 6.60. The maximum Gasteiger partial charge on any atom is 0.240 e. The minimum Gasteiger partial charge on any atom is -0.497 e. The van der Waals surface area contributed by atoms with E-state index in [1.165, 1.54) is 16.7 Å². The Balaban J connectivity index is 1.80. The zero-order valence-electron chi connectivity index (χ0n) is 15.5. The Morgan fingerprint density at radius 2 is 1.96 bits per heavy atom. The van der Waals surface area contributed by atoms with E-state index in [0.717, 1.165) is 36.3 Å². The molecule has 0 bridgehead atoms. The van der Waals surface area contributed by atoms with Crippen LogP contribution in [0.15, 0.2) is 47.6 Å². The van der Waals surface area contributed by atoms with Crippen molar-refractivity contribution in [3.05, 3.63) is 64.7 Å². The molecule has 134 valence electrons. The largest absolute Gasteiger partial charge is 0.497 e. The van der Waals surface area contributed by atoms with Gasteiger partial charge in [-0.25, -0.2) is 5.01 Å². The maximum atomic E-state index is 12.4. The Hall–Kier alpha value is -2.62. The lowest BCUT2D eigenvalue weighted by atomic mass is 9.85. The van der Waals surface area contributed by atoms with Gasteiger partial charge in [0.15, 0.2) is 0 Å². The molecule has 0 spiro atoms. The van der Waals surface area contributed by atoms with E-state index in [1.807, 2.05) is 12.1 Å². The fourth-order valence-electron chi connectivity index (χ4n) is 4.22. The van der Waals surface area contributed by atoms with Crippen LogP contribution in [0.5, 0.6) is 5.75 Å². The molecule has 1 aliphatic heterocycles. The summed E-state index contributed by atoms with van der Waals surface area (Å²) in [4.78, 5) is 12.4. The summed E-state index contributed by atoms with van der Waals surface area (Å²) < 4.78 is 5.28. The van der Waals surface area contributed by atoms with Crippen LogP contribution in [0.2, 0.25) is 0 Å². The Bertz CT molecular complexity index is 870. The summed E-state index contributed by atoms with van der Waals surface area (Å²) in [7, 11) is 1.66. The Labute approximate surface area is 154 Å². The molecule has 0 radical (unpaired) electrons. The van der Waals surface area contributed by atoms with Crippen LogP contribution in [0.4, 0.5) is 0 Å². The summed E-state index contributed by atoms with van der Waals surface area (Å²) in [5.74, 6) is 1.04. The predicted molar refractivity (Wildman–Crippen MR) is 102 cm³/mol. The summed E-state index contributed by atoms with van der Waals surface area (Å²) in [5, 5.41) is 6.50. The van der Waals surface area contributed by atoms with Crippen molar-refractivity contribution in [2.45, 2.75) is 39.2 Å². The molecule has 2 aromatic rings. The zero-order chi connectivity index (χ0) is 18.3. The predicted octanol–water partition coefficient (Wildman–Crippen LogP) is 4.26. The van der Waals surface area contributed by atoms with Gasteiger partial charge in [0.1, 0.15) is 5.75 Å². The Kier molecular flexibility index (Phi) is 4.27. The second-order valence-electron chi connectivity index (χ2n) is 7.23. The van der Waals surface area contributed by atoms with Crippen LogP contribution in [0.25, 0.3) is 0 Å². The van der Waals surface area contributed by atoms with Crippen molar-refractivity contribution in [3.63, 3.8) is 0 Å². The molecule has 4 nitrogen and oxygen atoms in total. The van der Waals surface area contributed by atoms with Crippen molar-refractivity contribution in [3.8, 4) is 5.75 Å². The maximum absolute atomic E-state index is 12.4. The minimum atomic E-state index is -0.0418. The number of carbonyl (C=O) groups is 1. The third-order valence-corrected chi connectivity index (χ3v) is 5.49. The lowest BCUT2D eigenvalue weighted by Crippen LogP contribution is -2.29. The van der Waals surface area contributed by atoms with E-state index >= 15 is 0 Å². The SMILES string of the molecule is COc1ccc([C@@H]2[C@@H]3CCCc4ccc(C)cc4C3=NN2C(C)=O)cc1. The van der Waals surface area contributed by atoms with E-state index in [4.69, 9.17) is 9.84 Å². The fraction of sp³-hybridized carbons (Fsp3) is 0.364. The number of amides is 1. The summed E-state index contributed by atoms with van der Waals surface area (Å²) >= 11 is 0. The van der Waals surface area contributed by atoms with Gasteiger partial charge in [-0.05, 0) is 55.5 Å². The van der Waals surface area contributed by atoms with Crippen LogP contribution in [0.1, 0.15) is 48.1 Å². The van der Waals surface area contributed by atoms with Gasteiger partial charge in [0.2, 0.25) is 5.91 Å². The highest BCUT2D eigenvalue weighted by Gasteiger charge is 2.41. The highest BCUT2D eigenvalue weighted by Crippen LogP contribution is 2.43. The first-order valence-electron chi connectivity index (χ1n) is 9.20. The van der Waals surface area contributed by atoms with Crippen molar-refractivity contribution in [2.75, 3.05) is 7.11 Å². The van der Waals surface area contributed by atoms with E-state index < -0.39 is 0 Å². The number of carbonyl (C=O) groups excluding carboxylic acids is 1. The molecule has 4 rings (SSSR count). The molecule has 0 unspecified atom stereocenters. The molecular weight excluding hydrogens is 324 g/mol. The van der Waals surface area contributed by atoms with Gasteiger partial charge >= 0.3 is 0 Å². The van der Waals surface area contributed by atoms with Crippen LogP contribution >= 0.6 is 0 Å². The number of methoxy groups -OCH3 is 1. The fourth-order valence-corrected chi connectivity index (χ4v) is 4.22. The van der Waals surface area contributed by atoms with E-state index in [1.54, 1.807) is 19.0 Å². The van der Waals surface area contributed by atoms with Crippen LogP contribution in [0.3, 0.4) is 0 Å². The van der Waals surface area contributed by atoms with Crippen LogP contribution in [-0.2, 0) is 11.2 Å². The molecule has 2 aliphatic rings. The number of ether oxygens (including phenoxy) is 1. The smallest absolute Gasteiger partial charge is 0.240 e. The summed E-state index contributed by atoms with van der Waals surface area (Å²) in [5.41, 5.74) is 5.97. The van der Waals surface area contributed by atoms with Crippen molar-refractivity contribution < 1.29 is 9.53 Å². The molecule has 2 aromatic carbocycles. The lowest BCUT2D eigenvalue weighted by Gasteiger charge is -2.26. The number of benzene rings is 2. The molecule has 0 N–H and O–H groups in total. The van der Waals surface area contributed by atoms with Gasteiger partial charge in [-0.3, -0.25) is 4.79 Å². The van der Waals surface area contributed by atoms with E-state index in [2.05, 4.69) is 37.3 Å². The molecule has 26 heavy (non-hydrogen) atoms. The second-order valence-corrected chi connectivity index (χ2v) is 7.23. The molecule has 0 fully saturated rings. The molecule has 0 saturated carbocycles. The van der Waals surface area contributed by atoms with Crippen LogP contribution in [0, 0.1) is 12.8 Å². The number of aryl methyl sites for hydroxylation is 2. The highest BCUT2D eigenvalue weighted by atomic mass is 16.5. The summed E-state index contributed by atoms with van der Waals surface area (Å²) in [6.45, 7) is 3.71. The van der Waals surface area contributed by atoms with Crippen LogP contribution < -0.4 is 4.74 Å². The third-order valence-electron chi connectivity index (χ3n) is 5.49. The zero-order valence-corrected chi connectivity index (χ0v) is 15.5. The van der Waals surface area contributed by atoms with Crippen molar-refractivity contribution in [1.29, 1.82) is 0 Å². The first kappa shape index (κ1) is 16.8. The van der Waals surface area contributed by atoms with Crippen LogP contribution in [-0.4, -0.2) is 23.7 Å². The first-order valence-corrected chi connectivity index (χ1v) is 9.20. The van der Waals surface area contributed by atoms with Crippen molar-refractivity contribution >= 4 is 11.6 Å². The lowest BCUT2D eigenvalue weighted by molar-refractivity contribution is -0.131. The van der Waals surface area contributed by atoms with Gasteiger partial charge in [-0.1, -0.05) is 29.8 Å². The third kappa shape index (κ3) is 2.79. The average molecular weight is 348 g/mol. The van der Waals surface area contributed by atoms with Gasteiger partial charge < -0.3 is 4.74 Å². The first-order chi connectivity index (χ1) is 12.6. The van der Waals surface area contributed by atoms with Gasteiger partial charge in [0.05, 0.1) is 18.9 Å². The number of hydrogen-bond acceptors (Lipinski definition) is 3. The number of fused-ring (bicyclic) bond motifs is 3. The van der Waals surface area contributed by atoms with Gasteiger partial charge in [-0.15, -0.1) is 0 Å².